The molecule has 0 radical (unpaired) electrons. The summed E-state index contributed by atoms with van der Waals surface area (Å²) in [6.07, 6.45) is 0. The predicted octanol–water partition coefficient (Wildman–Crippen LogP) is 2.71. The number of hydrogen-bond acceptors (Lipinski definition) is 3. The molecule has 1 N–H and O–H groups in total. The molecule has 20 heavy (non-hydrogen) atoms. The van der Waals surface area contributed by atoms with Gasteiger partial charge < -0.3 is 10.1 Å². The van der Waals surface area contributed by atoms with E-state index < -0.39 is 11.7 Å². The molecular weight excluding hydrogens is 259 g/mol. The van der Waals surface area contributed by atoms with Crippen molar-refractivity contribution >= 4 is 11.6 Å². The van der Waals surface area contributed by atoms with E-state index in [0.29, 0.717) is 11.3 Å². The second-order valence-corrected chi connectivity index (χ2v) is 3.96. The fraction of sp³-hybridized carbons (Fsp3) is 0.0667. The van der Waals surface area contributed by atoms with Crippen molar-refractivity contribution in [2.75, 3.05) is 11.9 Å². The van der Waals surface area contributed by atoms with Gasteiger partial charge in [-0.2, -0.15) is 5.26 Å². The van der Waals surface area contributed by atoms with Gasteiger partial charge in [-0.25, -0.2) is 4.39 Å². The van der Waals surface area contributed by atoms with Gasteiger partial charge in [-0.3, -0.25) is 4.79 Å². The minimum Gasteiger partial charge on any atom is -0.484 e. The highest BCUT2D eigenvalue weighted by Crippen LogP contribution is 2.14. The first kappa shape index (κ1) is 13.6. The number of halogens is 1. The zero-order valence-electron chi connectivity index (χ0n) is 10.5. The van der Waals surface area contributed by atoms with Gasteiger partial charge in [0.05, 0.1) is 17.3 Å². The largest absolute Gasteiger partial charge is 0.484 e. The van der Waals surface area contributed by atoms with Gasteiger partial charge in [0.2, 0.25) is 0 Å². The molecule has 0 aliphatic carbocycles. The van der Waals surface area contributed by atoms with Crippen molar-refractivity contribution in [3.05, 3.63) is 59.9 Å². The molecule has 0 spiro atoms. The number of nitriles is 1. The maximum Gasteiger partial charge on any atom is 0.262 e. The van der Waals surface area contributed by atoms with Crippen molar-refractivity contribution < 1.29 is 13.9 Å². The summed E-state index contributed by atoms with van der Waals surface area (Å²) in [7, 11) is 0. The van der Waals surface area contributed by atoms with E-state index in [1.165, 1.54) is 24.3 Å². The first-order chi connectivity index (χ1) is 9.69. The molecule has 2 aromatic carbocycles. The van der Waals surface area contributed by atoms with Crippen LogP contribution in [0, 0.1) is 17.1 Å². The third-order valence-electron chi connectivity index (χ3n) is 2.48. The van der Waals surface area contributed by atoms with Crippen molar-refractivity contribution in [1.82, 2.24) is 0 Å². The zero-order valence-corrected chi connectivity index (χ0v) is 10.5. The Labute approximate surface area is 115 Å². The number of amides is 1. The van der Waals surface area contributed by atoms with E-state index in [0.717, 1.165) is 0 Å². The molecule has 0 heterocycles. The second kappa shape index (κ2) is 6.34. The lowest BCUT2D eigenvalue weighted by Gasteiger charge is -2.08. The number of anilines is 1. The molecule has 2 rings (SSSR count). The van der Waals surface area contributed by atoms with Gasteiger partial charge >= 0.3 is 0 Å². The lowest BCUT2D eigenvalue weighted by Crippen LogP contribution is -2.20. The summed E-state index contributed by atoms with van der Waals surface area (Å²) in [4.78, 5) is 11.6. The summed E-state index contributed by atoms with van der Waals surface area (Å²) < 4.78 is 18.6. The van der Waals surface area contributed by atoms with Crippen LogP contribution in [-0.2, 0) is 4.79 Å². The number of para-hydroxylation sites is 1. The molecule has 0 fully saturated rings. The Morgan fingerprint density at radius 2 is 2.05 bits per heavy atom. The van der Waals surface area contributed by atoms with Crippen molar-refractivity contribution in [3.63, 3.8) is 0 Å². The van der Waals surface area contributed by atoms with E-state index in [2.05, 4.69) is 5.32 Å². The Balaban J connectivity index is 1.93. The van der Waals surface area contributed by atoms with Gasteiger partial charge in [0.25, 0.3) is 5.91 Å². The highest BCUT2D eigenvalue weighted by atomic mass is 19.1. The van der Waals surface area contributed by atoms with Crippen molar-refractivity contribution in [1.29, 1.82) is 5.26 Å². The van der Waals surface area contributed by atoms with Gasteiger partial charge in [-0.05, 0) is 30.3 Å². The maximum atomic E-state index is 13.3. The van der Waals surface area contributed by atoms with E-state index in [4.69, 9.17) is 10.00 Å². The Morgan fingerprint density at radius 1 is 1.25 bits per heavy atom. The molecule has 1 amide bonds. The number of ether oxygens (including phenoxy) is 1. The Kier molecular flexibility index (Phi) is 4.30. The number of nitrogens with zero attached hydrogens (tertiary/aromatic N) is 1. The van der Waals surface area contributed by atoms with Crippen LogP contribution in [0.2, 0.25) is 0 Å². The minimum absolute atomic E-state index is 0.104. The van der Waals surface area contributed by atoms with Crippen LogP contribution in [-0.4, -0.2) is 12.5 Å². The molecule has 0 aromatic heterocycles. The maximum absolute atomic E-state index is 13.3. The number of carbonyl (C=O) groups is 1. The molecule has 0 aliphatic rings. The SMILES string of the molecule is N#Cc1cccc(OCC(=O)Nc2ccccc2F)c1. The quantitative estimate of drug-likeness (QED) is 0.929. The summed E-state index contributed by atoms with van der Waals surface area (Å²) in [5.41, 5.74) is 0.545. The fourth-order valence-electron chi connectivity index (χ4n) is 1.55. The molecule has 4 nitrogen and oxygen atoms in total. The molecule has 0 saturated carbocycles. The number of benzene rings is 2. The molecule has 0 atom stereocenters. The van der Waals surface area contributed by atoms with Gasteiger partial charge in [0.1, 0.15) is 11.6 Å². The lowest BCUT2D eigenvalue weighted by molar-refractivity contribution is -0.118. The molecule has 100 valence electrons. The number of rotatable bonds is 4. The van der Waals surface area contributed by atoms with Crippen LogP contribution in [0.1, 0.15) is 5.56 Å². The van der Waals surface area contributed by atoms with Crippen LogP contribution < -0.4 is 10.1 Å². The summed E-state index contributed by atoms with van der Waals surface area (Å²) in [5, 5.41) is 11.1. The predicted molar refractivity (Wildman–Crippen MR) is 71.7 cm³/mol. The average molecular weight is 270 g/mol. The standard InChI is InChI=1S/C15H11FN2O2/c16-13-6-1-2-7-14(13)18-15(19)10-20-12-5-3-4-11(8-12)9-17/h1-8H,10H2,(H,18,19). The number of carbonyl (C=O) groups excluding carboxylic acids is 1. The van der Waals surface area contributed by atoms with Gasteiger partial charge in [-0.1, -0.05) is 18.2 Å². The summed E-state index contributed by atoms with van der Waals surface area (Å²) in [5.74, 6) is -0.572. The summed E-state index contributed by atoms with van der Waals surface area (Å²) in [6.45, 7) is -0.261. The van der Waals surface area contributed by atoms with Crippen LogP contribution >= 0.6 is 0 Å². The third-order valence-corrected chi connectivity index (χ3v) is 2.48. The molecule has 0 aliphatic heterocycles. The minimum atomic E-state index is -0.507. The average Bonchev–Trinajstić information content (AvgIpc) is 2.48. The Bertz CT molecular complexity index is 665. The van der Waals surface area contributed by atoms with Crippen molar-refractivity contribution in [2.24, 2.45) is 0 Å². The van der Waals surface area contributed by atoms with Gasteiger partial charge in [-0.15, -0.1) is 0 Å². The van der Waals surface area contributed by atoms with Crippen LogP contribution in [0.3, 0.4) is 0 Å². The highest BCUT2D eigenvalue weighted by Gasteiger charge is 2.07. The molecule has 5 heteroatoms. The smallest absolute Gasteiger partial charge is 0.262 e. The second-order valence-electron chi connectivity index (χ2n) is 3.96. The molecule has 2 aromatic rings. The third kappa shape index (κ3) is 3.56. The van der Waals surface area contributed by atoms with Crippen molar-refractivity contribution in [3.8, 4) is 11.8 Å². The molecule has 0 unspecified atom stereocenters. The molecular formula is C15H11FN2O2. The van der Waals surface area contributed by atoms with Crippen LogP contribution in [0.15, 0.2) is 48.5 Å². The van der Waals surface area contributed by atoms with Gasteiger partial charge in [0.15, 0.2) is 6.61 Å². The zero-order chi connectivity index (χ0) is 14.4. The normalized spacial score (nSPS) is 9.60. The van der Waals surface area contributed by atoms with E-state index >= 15 is 0 Å². The number of nitrogens with one attached hydrogen (secondary N) is 1. The Morgan fingerprint density at radius 3 is 2.80 bits per heavy atom. The fourth-order valence-corrected chi connectivity index (χ4v) is 1.55. The molecule has 0 bridgehead atoms. The molecule has 0 saturated heterocycles. The monoisotopic (exact) mass is 270 g/mol. The van der Waals surface area contributed by atoms with E-state index in [9.17, 15) is 9.18 Å². The first-order valence-corrected chi connectivity index (χ1v) is 5.86. The first-order valence-electron chi connectivity index (χ1n) is 5.86. The van der Waals surface area contributed by atoms with Crippen LogP contribution in [0.4, 0.5) is 10.1 Å². The van der Waals surface area contributed by atoms with Gasteiger partial charge in [0, 0.05) is 0 Å². The van der Waals surface area contributed by atoms with Crippen molar-refractivity contribution in [2.45, 2.75) is 0 Å². The number of hydrogen-bond donors (Lipinski definition) is 1. The lowest BCUT2D eigenvalue weighted by atomic mass is 10.2. The summed E-state index contributed by atoms with van der Waals surface area (Å²) >= 11 is 0. The highest BCUT2D eigenvalue weighted by molar-refractivity contribution is 5.91. The topological polar surface area (TPSA) is 62.1 Å². The van der Waals surface area contributed by atoms with Crippen LogP contribution in [0.5, 0.6) is 5.75 Å². The van der Waals surface area contributed by atoms with E-state index in [1.807, 2.05) is 6.07 Å². The Hall–Kier alpha value is -2.87. The van der Waals surface area contributed by atoms with E-state index in [-0.39, 0.29) is 12.3 Å². The summed E-state index contributed by atoms with van der Waals surface area (Å²) in [6, 6.07) is 14.3. The van der Waals surface area contributed by atoms with E-state index in [1.54, 1.807) is 24.3 Å². The van der Waals surface area contributed by atoms with Crippen LogP contribution in [0.25, 0.3) is 0 Å².